The molecule has 1 aromatic carbocycles. The highest BCUT2D eigenvalue weighted by Crippen LogP contribution is 2.33. The van der Waals surface area contributed by atoms with Crippen molar-refractivity contribution in [3.8, 4) is 5.75 Å². The van der Waals surface area contributed by atoms with Crippen molar-refractivity contribution in [2.75, 3.05) is 26.0 Å². The third-order valence-electron chi connectivity index (χ3n) is 3.52. The summed E-state index contributed by atoms with van der Waals surface area (Å²) in [4.78, 5) is 17.6. The molecule has 0 atom stereocenters. The fraction of sp³-hybridized carbons (Fsp3) is 0.444. The third-order valence-corrected chi connectivity index (χ3v) is 4.49. The Balaban J connectivity index is 2.25. The molecule has 1 heterocycles. The number of amides is 1. The Bertz CT molecular complexity index is 687. The van der Waals surface area contributed by atoms with Crippen LogP contribution in [0.1, 0.15) is 36.9 Å². The number of hydrogen-bond acceptors (Lipinski definition) is 5. The number of anilines is 1. The number of ether oxygens (including phenoxy) is 1. The van der Waals surface area contributed by atoms with E-state index in [1.165, 1.54) is 10.4 Å². The Labute approximate surface area is 147 Å². The van der Waals surface area contributed by atoms with E-state index in [2.05, 4.69) is 48.5 Å². The molecule has 0 radical (unpaired) electrons. The summed E-state index contributed by atoms with van der Waals surface area (Å²) in [6.45, 7) is 6.69. The van der Waals surface area contributed by atoms with Crippen LogP contribution in [0.3, 0.4) is 0 Å². The van der Waals surface area contributed by atoms with Crippen molar-refractivity contribution >= 4 is 22.4 Å². The molecule has 0 saturated carbocycles. The molecule has 1 amide bonds. The zero-order valence-electron chi connectivity index (χ0n) is 14.9. The summed E-state index contributed by atoms with van der Waals surface area (Å²) in [5.74, 6) is 0.766. The molecule has 0 saturated heterocycles. The van der Waals surface area contributed by atoms with Gasteiger partial charge in [0.2, 0.25) is 5.91 Å². The molecule has 0 fully saturated rings. The van der Waals surface area contributed by atoms with Crippen LogP contribution in [0, 0.1) is 0 Å². The molecule has 5 nitrogen and oxygen atoms in total. The summed E-state index contributed by atoms with van der Waals surface area (Å²) < 4.78 is 5.21. The van der Waals surface area contributed by atoms with Crippen LogP contribution in [0.5, 0.6) is 5.75 Å². The number of hydrogen-bond donors (Lipinski definition) is 2. The van der Waals surface area contributed by atoms with E-state index in [0.29, 0.717) is 5.13 Å². The standard InChI is InChI=1S/C18H25N3O2S/c1-18(2,3)16-14(10-12-6-8-13(23-5)9-7-12)24-17(21-16)20-15(22)11-19-4/h6-9,19H,10-11H2,1-5H3,(H,20,21,22). The highest BCUT2D eigenvalue weighted by Gasteiger charge is 2.24. The number of nitrogens with zero attached hydrogens (tertiary/aromatic N) is 1. The minimum absolute atomic E-state index is 0.0791. The summed E-state index contributed by atoms with van der Waals surface area (Å²) in [5, 5.41) is 6.36. The van der Waals surface area contributed by atoms with Gasteiger partial charge in [0.15, 0.2) is 5.13 Å². The van der Waals surface area contributed by atoms with Crippen molar-refractivity contribution in [1.29, 1.82) is 0 Å². The maximum absolute atomic E-state index is 11.8. The molecule has 2 aromatic rings. The lowest BCUT2D eigenvalue weighted by atomic mass is 9.90. The van der Waals surface area contributed by atoms with Crippen molar-refractivity contribution in [2.45, 2.75) is 32.6 Å². The first-order chi connectivity index (χ1) is 11.3. The number of methoxy groups -OCH3 is 1. The number of likely N-dealkylation sites (N-methyl/N-ethyl adjacent to an activating group) is 1. The lowest BCUT2D eigenvalue weighted by molar-refractivity contribution is -0.115. The van der Waals surface area contributed by atoms with E-state index >= 15 is 0 Å². The molecule has 6 heteroatoms. The average Bonchev–Trinajstić information content (AvgIpc) is 2.91. The van der Waals surface area contributed by atoms with Gasteiger partial charge in [0, 0.05) is 16.7 Å². The summed E-state index contributed by atoms with van der Waals surface area (Å²) >= 11 is 1.54. The first kappa shape index (κ1) is 18.4. The van der Waals surface area contributed by atoms with Crippen molar-refractivity contribution < 1.29 is 9.53 Å². The predicted octanol–water partition coefficient (Wildman–Crippen LogP) is 3.20. The van der Waals surface area contributed by atoms with E-state index in [1.807, 2.05) is 12.1 Å². The Morgan fingerprint density at radius 2 is 1.92 bits per heavy atom. The first-order valence-electron chi connectivity index (χ1n) is 7.91. The molecule has 24 heavy (non-hydrogen) atoms. The van der Waals surface area contributed by atoms with Gasteiger partial charge in [-0.15, -0.1) is 11.3 Å². The molecule has 2 N–H and O–H groups in total. The molecule has 0 unspecified atom stereocenters. The number of carbonyl (C=O) groups excluding carboxylic acids is 1. The van der Waals surface area contributed by atoms with Gasteiger partial charge in [-0.2, -0.15) is 0 Å². The van der Waals surface area contributed by atoms with Crippen LogP contribution in [-0.4, -0.2) is 31.6 Å². The Hall–Kier alpha value is -1.92. The number of thiazole rings is 1. The van der Waals surface area contributed by atoms with Crippen molar-refractivity contribution in [2.24, 2.45) is 0 Å². The van der Waals surface area contributed by atoms with Gasteiger partial charge in [-0.25, -0.2) is 4.98 Å². The fourth-order valence-electron chi connectivity index (χ4n) is 2.36. The second-order valence-electron chi connectivity index (χ2n) is 6.64. The number of benzene rings is 1. The minimum atomic E-state index is -0.0808. The molecule has 0 aliphatic heterocycles. The van der Waals surface area contributed by atoms with Crippen molar-refractivity contribution in [3.63, 3.8) is 0 Å². The molecular formula is C18H25N3O2S. The Morgan fingerprint density at radius 1 is 1.25 bits per heavy atom. The van der Waals surface area contributed by atoms with Gasteiger partial charge in [-0.3, -0.25) is 4.79 Å². The maximum atomic E-state index is 11.8. The summed E-state index contributed by atoms with van der Waals surface area (Å²) in [7, 11) is 3.41. The molecule has 0 aliphatic rings. The van der Waals surface area contributed by atoms with Crippen LogP contribution in [0.2, 0.25) is 0 Å². The van der Waals surface area contributed by atoms with Crippen molar-refractivity contribution in [3.05, 3.63) is 40.4 Å². The summed E-state index contributed by atoms with van der Waals surface area (Å²) in [6, 6.07) is 8.04. The van der Waals surface area contributed by atoms with Crippen LogP contribution in [0.4, 0.5) is 5.13 Å². The minimum Gasteiger partial charge on any atom is -0.497 e. The lowest BCUT2D eigenvalue weighted by Crippen LogP contribution is -2.25. The van der Waals surface area contributed by atoms with E-state index in [0.717, 1.165) is 17.9 Å². The van der Waals surface area contributed by atoms with Gasteiger partial charge >= 0.3 is 0 Å². The first-order valence-corrected chi connectivity index (χ1v) is 8.72. The van der Waals surface area contributed by atoms with Crippen LogP contribution >= 0.6 is 11.3 Å². The molecular weight excluding hydrogens is 322 g/mol. The van der Waals surface area contributed by atoms with E-state index in [1.54, 1.807) is 25.5 Å². The largest absolute Gasteiger partial charge is 0.497 e. The van der Waals surface area contributed by atoms with Gasteiger partial charge in [0.1, 0.15) is 5.75 Å². The van der Waals surface area contributed by atoms with E-state index in [9.17, 15) is 4.79 Å². The zero-order chi connectivity index (χ0) is 17.7. The van der Waals surface area contributed by atoms with Gasteiger partial charge in [0.25, 0.3) is 0 Å². The average molecular weight is 347 g/mol. The molecule has 0 bridgehead atoms. The van der Waals surface area contributed by atoms with E-state index in [-0.39, 0.29) is 17.9 Å². The monoisotopic (exact) mass is 347 g/mol. The molecule has 0 spiro atoms. The molecule has 1 aromatic heterocycles. The number of carbonyl (C=O) groups is 1. The van der Waals surface area contributed by atoms with Gasteiger partial charge < -0.3 is 15.4 Å². The van der Waals surface area contributed by atoms with Crippen LogP contribution in [-0.2, 0) is 16.6 Å². The normalized spacial score (nSPS) is 11.4. The second kappa shape index (κ2) is 7.77. The lowest BCUT2D eigenvalue weighted by Gasteiger charge is -2.17. The molecule has 130 valence electrons. The Morgan fingerprint density at radius 3 is 2.46 bits per heavy atom. The number of nitrogens with one attached hydrogen (secondary N) is 2. The highest BCUT2D eigenvalue weighted by atomic mass is 32.1. The van der Waals surface area contributed by atoms with Crippen LogP contribution < -0.4 is 15.4 Å². The van der Waals surface area contributed by atoms with Gasteiger partial charge in [-0.1, -0.05) is 32.9 Å². The maximum Gasteiger partial charge on any atom is 0.240 e. The third kappa shape index (κ3) is 4.79. The quantitative estimate of drug-likeness (QED) is 0.842. The molecule has 0 aliphatic carbocycles. The predicted molar refractivity (Wildman–Crippen MR) is 99.2 cm³/mol. The van der Waals surface area contributed by atoms with Crippen molar-refractivity contribution in [1.82, 2.24) is 10.3 Å². The van der Waals surface area contributed by atoms with Gasteiger partial charge in [0.05, 0.1) is 19.3 Å². The molecule has 2 rings (SSSR count). The summed E-state index contributed by atoms with van der Waals surface area (Å²) in [6.07, 6.45) is 0.788. The zero-order valence-corrected chi connectivity index (χ0v) is 15.7. The number of rotatable bonds is 6. The van der Waals surface area contributed by atoms with Crippen LogP contribution in [0.25, 0.3) is 0 Å². The van der Waals surface area contributed by atoms with E-state index < -0.39 is 0 Å². The van der Waals surface area contributed by atoms with Crippen LogP contribution in [0.15, 0.2) is 24.3 Å². The SMILES string of the molecule is CNCC(=O)Nc1nc(C(C)(C)C)c(Cc2ccc(OC)cc2)s1. The Kier molecular flexibility index (Phi) is 5.96. The second-order valence-corrected chi connectivity index (χ2v) is 7.73. The summed E-state index contributed by atoms with van der Waals surface area (Å²) in [5.41, 5.74) is 2.14. The van der Waals surface area contributed by atoms with Gasteiger partial charge in [-0.05, 0) is 24.7 Å². The van der Waals surface area contributed by atoms with E-state index in [4.69, 9.17) is 4.74 Å². The smallest absolute Gasteiger partial charge is 0.240 e. The number of aromatic nitrogens is 1. The highest BCUT2D eigenvalue weighted by molar-refractivity contribution is 7.15. The fourth-order valence-corrected chi connectivity index (χ4v) is 3.59. The topological polar surface area (TPSA) is 63.2 Å².